The van der Waals surface area contributed by atoms with Gasteiger partial charge in [-0.3, -0.25) is 9.69 Å². The Morgan fingerprint density at radius 1 is 1.75 bits per heavy atom. The van der Waals surface area contributed by atoms with Gasteiger partial charge in [0.2, 0.25) is 0 Å². The Hall–Kier alpha value is -0.390. The average Bonchev–Trinajstić information content (AvgIpc) is 2.84. The molecule has 2 rings (SSSR count). The Morgan fingerprint density at radius 3 is 3.00 bits per heavy atom. The van der Waals surface area contributed by atoms with Crippen LogP contribution >= 0.6 is 27.3 Å². The lowest BCUT2D eigenvalue weighted by atomic mass is 10.1. The van der Waals surface area contributed by atoms with Crippen LogP contribution in [0.5, 0.6) is 0 Å². The van der Waals surface area contributed by atoms with E-state index in [1.165, 1.54) is 4.88 Å². The van der Waals surface area contributed by atoms with Crippen molar-refractivity contribution in [1.29, 1.82) is 0 Å². The monoisotopic (exact) mass is 303 g/mol. The predicted octanol–water partition coefficient (Wildman–Crippen LogP) is 2.98. The quantitative estimate of drug-likeness (QED) is 0.933. The Kier molecular flexibility index (Phi) is 3.66. The molecule has 5 heteroatoms. The second kappa shape index (κ2) is 4.85. The van der Waals surface area contributed by atoms with E-state index in [0.29, 0.717) is 12.6 Å². The van der Waals surface area contributed by atoms with Crippen molar-refractivity contribution in [3.63, 3.8) is 0 Å². The summed E-state index contributed by atoms with van der Waals surface area (Å²) in [5, 5.41) is 11.0. The van der Waals surface area contributed by atoms with E-state index in [9.17, 15) is 4.79 Å². The summed E-state index contributed by atoms with van der Waals surface area (Å²) >= 11 is 5.16. The molecule has 1 N–H and O–H groups in total. The molecule has 1 aliphatic rings. The lowest BCUT2D eigenvalue weighted by Crippen LogP contribution is -2.25. The van der Waals surface area contributed by atoms with Crippen LogP contribution in [0.3, 0.4) is 0 Å². The van der Waals surface area contributed by atoms with Gasteiger partial charge in [-0.15, -0.1) is 11.3 Å². The van der Waals surface area contributed by atoms with E-state index in [-0.39, 0.29) is 5.92 Å². The average molecular weight is 304 g/mol. The van der Waals surface area contributed by atoms with E-state index >= 15 is 0 Å². The minimum absolute atomic E-state index is 0.189. The van der Waals surface area contributed by atoms with E-state index in [1.54, 1.807) is 11.3 Å². The Labute approximate surface area is 107 Å². The van der Waals surface area contributed by atoms with Crippen molar-refractivity contribution in [3.05, 3.63) is 20.8 Å². The number of aliphatic carboxylic acids is 1. The minimum atomic E-state index is -0.665. The van der Waals surface area contributed by atoms with Crippen LogP contribution in [0.2, 0.25) is 0 Å². The molecule has 2 atom stereocenters. The molecule has 2 unspecified atom stereocenters. The molecule has 2 heterocycles. The molecule has 0 radical (unpaired) electrons. The fraction of sp³-hybridized carbons (Fsp3) is 0.545. The number of hydrogen-bond donors (Lipinski definition) is 1. The molecule has 0 saturated carbocycles. The van der Waals surface area contributed by atoms with Gasteiger partial charge in [0.1, 0.15) is 0 Å². The van der Waals surface area contributed by atoms with Gasteiger partial charge < -0.3 is 5.11 Å². The molecule has 88 valence electrons. The van der Waals surface area contributed by atoms with Gasteiger partial charge in [0.25, 0.3) is 0 Å². The van der Waals surface area contributed by atoms with Crippen LogP contribution in [0.4, 0.5) is 0 Å². The van der Waals surface area contributed by atoms with Gasteiger partial charge in [-0.2, -0.15) is 0 Å². The smallest absolute Gasteiger partial charge is 0.307 e. The van der Waals surface area contributed by atoms with Crippen LogP contribution < -0.4 is 0 Å². The summed E-state index contributed by atoms with van der Waals surface area (Å²) in [6.45, 7) is 3.70. The Morgan fingerprint density at radius 2 is 2.50 bits per heavy atom. The van der Waals surface area contributed by atoms with Crippen LogP contribution in [0.1, 0.15) is 24.3 Å². The predicted molar refractivity (Wildman–Crippen MR) is 67.7 cm³/mol. The molecule has 0 spiro atoms. The Bertz CT molecular complexity index is 393. The standard InChI is InChI=1S/C11H14BrNO2S/c1-7(10-4-9(12)6-16-10)13-3-2-8(5-13)11(14)15/h4,6-8H,2-3,5H2,1H3,(H,14,15). The zero-order valence-corrected chi connectivity index (χ0v) is 11.4. The van der Waals surface area contributed by atoms with Crippen LogP contribution in [0.15, 0.2) is 15.9 Å². The van der Waals surface area contributed by atoms with Gasteiger partial charge in [-0.25, -0.2) is 0 Å². The maximum absolute atomic E-state index is 10.9. The van der Waals surface area contributed by atoms with Crippen molar-refractivity contribution in [1.82, 2.24) is 4.90 Å². The van der Waals surface area contributed by atoms with Crippen LogP contribution in [0, 0.1) is 5.92 Å². The van der Waals surface area contributed by atoms with Crippen LogP contribution in [-0.4, -0.2) is 29.1 Å². The zero-order chi connectivity index (χ0) is 11.7. The molecule has 0 aromatic carbocycles. The Balaban J connectivity index is 2.02. The van der Waals surface area contributed by atoms with E-state index in [0.717, 1.165) is 17.4 Å². The number of carbonyl (C=O) groups is 1. The highest BCUT2D eigenvalue weighted by atomic mass is 79.9. The number of carboxylic acids is 1. The van der Waals surface area contributed by atoms with Crippen molar-refractivity contribution in [2.24, 2.45) is 5.92 Å². The lowest BCUT2D eigenvalue weighted by Gasteiger charge is -2.22. The number of nitrogens with zero attached hydrogens (tertiary/aromatic N) is 1. The molecule has 0 amide bonds. The fourth-order valence-electron chi connectivity index (χ4n) is 2.07. The topological polar surface area (TPSA) is 40.5 Å². The van der Waals surface area contributed by atoms with E-state index in [2.05, 4.69) is 39.2 Å². The van der Waals surface area contributed by atoms with Crippen molar-refractivity contribution in [2.45, 2.75) is 19.4 Å². The summed E-state index contributed by atoms with van der Waals surface area (Å²) in [7, 11) is 0. The fourth-order valence-corrected chi connectivity index (χ4v) is 3.60. The third-order valence-corrected chi connectivity index (χ3v) is 4.98. The molecule has 1 saturated heterocycles. The third-order valence-electron chi connectivity index (χ3n) is 3.12. The van der Waals surface area contributed by atoms with E-state index in [4.69, 9.17) is 5.11 Å². The van der Waals surface area contributed by atoms with Crippen LogP contribution in [-0.2, 0) is 4.79 Å². The van der Waals surface area contributed by atoms with Gasteiger partial charge in [-0.1, -0.05) is 0 Å². The highest BCUT2D eigenvalue weighted by Crippen LogP contribution is 2.32. The molecule has 1 aliphatic heterocycles. The first-order valence-electron chi connectivity index (χ1n) is 5.28. The lowest BCUT2D eigenvalue weighted by molar-refractivity contribution is -0.141. The first-order valence-corrected chi connectivity index (χ1v) is 6.96. The summed E-state index contributed by atoms with van der Waals surface area (Å²) in [6, 6.07) is 2.43. The van der Waals surface area contributed by atoms with E-state index < -0.39 is 5.97 Å². The summed E-state index contributed by atoms with van der Waals surface area (Å²) < 4.78 is 1.10. The van der Waals surface area contributed by atoms with Crippen molar-refractivity contribution < 1.29 is 9.90 Å². The molecule has 16 heavy (non-hydrogen) atoms. The van der Waals surface area contributed by atoms with Crippen molar-refractivity contribution in [3.8, 4) is 0 Å². The van der Waals surface area contributed by atoms with Gasteiger partial charge in [0.15, 0.2) is 0 Å². The molecule has 0 aliphatic carbocycles. The number of thiophene rings is 1. The number of rotatable bonds is 3. The highest BCUT2D eigenvalue weighted by Gasteiger charge is 2.31. The molecular weight excluding hydrogens is 290 g/mol. The van der Waals surface area contributed by atoms with E-state index in [1.807, 2.05) is 0 Å². The second-order valence-electron chi connectivity index (χ2n) is 4.16. The van der Waals surface area contributed by atoms with Crippen molar-refractivity contribution in [2.75, 3.05) is 13.1 Å². The molecular formula is C11H14BrNO2S. The second-order valence-corrected chi connectivity index (χ2v) is 6.02. The first kappa shape index (κ1) is 12.1. The summed E-state index contributed by atoms with van der Waals surface area (Å²) in [4.78, 5) is 14.4. The van der Waals surface area contributed by atoms with Gasteiger partial charge in [0.05, 0.1) is 5.92 Å². The van der Waals surface area contributed by atoms with Gasteiger partial charge >= 0.3 is 5.97 Å². The first-order chi connectivity index (χ1) is 7.58. The number of hydrogen-bond acceptors (Lipinski definition) is 3. The SMILES string of the molecule is CC(c1cc(Br)cs1)N1CCC(C(=O)O)C1. The summed E-state index contributed by atoms with van der Waals surface area (Å²) in [5.41, 5.74) is 0. The van der Waals surface area contributed by atoms with Gasteiger partial charge in [-0.05, 0) is 41.9 Å². The zero-order valence-electron chi connectivity index (χ0n) is 9.02. The van der Waals surface area contributed by atoms with Crippen LogP contribution in [0.25, 0.3) is 0 Å². The molecule has 1 fully saturated rings. The third kappa shape index (κ3) is 2.47. The normalized spacial score (nSPS) is 23.5. The molecule has 1 aromatic heterocycles. The molecule has 0 bridgehead atoms. The summed E-state index contributed by atoms with van der Waals surface area (Å²) in [5.74, 6) is -0.854. The number of halogens is 1. The molecule has 3 nitrogen and oxygen atoms in total. The number of likely N-dealkylation sites (tertiary alicyclic amines) is 1. The summed E-state index contributed by atoms with van der Waals surface area (Å²) in [6.07, 6.45) is 0.770. The minimum Gasteiger partial charge on any atom is -0.481 e. The molecule has 1 aromatic rings. The van der Waals surface area contributed by atoms with Crippen molar-refractivity contribution >= 4 is 33.2 Å². The number of carboxylic acid groups (broad SMARTS) is 1. The highest BCUT2D eigenvalue weighted by molar-refractivity contribution is 9.10. The largest absolute Gasteiger partial charge is 0.481 e. The van der Waals surface area contributed by atoms with Gasteiger partial charge in [0, 0.05) is 27.3 Å². The maximum atomic E-state index is 10.9. The maximum Gasteiger partial charge on any atom is 0.307 e.